The quantitative estimate of drug-likeness (QED) is 0.774. The number of nitrogens with zero attached hydrogens (tertiary/aromatic N) is 1. The first kappa shape index (κ1) is 21.5. The van der Waals surface area contributed by atoms with Crippen LogP contribution in [0.5, 0.6) is 0 Å². The van der Waals surface area contributed by atoms with Gasteiger partial charge in [0.2, 0.25) is 0 Å². The normalized spacial score (nSPS) is 15.7. The summed E-state index contributed by atoms with van der Waals surface area (Å²) in [5.74, 6) is -0.406. The zero-order valence-electron chi connectivity index (χ0n) is 15.8. The lowest BCUT2D eigenvalue weighted by atomic mass is 10.1. The maximum absolute atomic E-state index is 12.6. The van der Waals surface area contributed by atoms with E-state index in [0.29, 0.717) is 23.4 Å². The Morgan fingerprint density at radius 2 is 1.63 bits per heavy atom. The first-order valence-electron chi connectivity index (χ1n) is 8.81. The molecule has 2 aromatic rings. The molecular formula is C21H17F3N2O3S. The lowest BCUT2D eigenvalue weighted by molar-refractivity contribution is -0.137. The number of aryl methyl sites for hydroxylation is 1. The van der Waals surface area contributed by atoms with E-state index < -0.39 is 27.7 Å². The highest BCUT2D eigenvalue weighted by Gasteiger charge is 2.30. The molecule has 0 unspecified atom stereocenters. The monoisotopic (exact) mass is 434 g/mol. The van der Waals surface area contributed by atoms with Crippen LogP contribution in [-0.2, 0) is 16.2 Å². The summed E-state index contributed by atoms with van der Waals surface area (Å²) < 4.78 is 64.9. The van der Waals surface area contributed by atoms with Crippen molar-refractivity contribution in [3.63, 3.8) is 0 Å². The van der Waals surface area contributed by atoms with Crippen LogP contribution in [0.2, 0.25) is 0 Å². The average molecular weight is 434 g/mol. The van der Waals surface area contributed by atoms with Gasteiger partial charge in [0.05, 0.1) is 10.5 Å². The molecule has 0 heterocycles. The minimum Gasteiger partial charge on any atom is -0.280 e. The molecule has 0 bridgehead atoms. The zero-order chi connectivity index (χ0) is 21.9. The molecule has 156 valence electrons. The van der Waals surface area contributed by atoms with Crippen molar-refractivity contribution in [3.05, 3.63) is 89.1 Å². The van der Waals surface area contributed by atoms with Crippen LogP contribution >= 0.6 is 0 Å². The standard InChI is InChI=1S/C21H17F3N2O3S/c1-14-2-4-15(5-3-14)20(27)25-17-8-10-18(11-9-17)26-30(28,29)19-12-6-16(7-13-19)21(22,23)24/h2-8,10-13,26H,9H2,1H3. The van der Waals surface area contributed by atoms with E-state index in [1.165, 1.54) is 18.2 Å². The lowest BCUT2D eigenvalue weighted by Crippen LogP contribution is -2.23. The topological polar surface area (TPSA) is 75.6 Å². The number of carbonyl (C=O) groups is 1. The molecule has 0 spiro atoms. The molecule has 2 aromatic carbocycles. The highest BCUT2D eigenvalue weighted by molar-refractivity contribution is 7.89. The Bertz CT molecular complexity index is 1150. The molecule has 1 aliphatic rings. The van der Waals surface area contributed by atoms with E-state index in [4.69, 9.17) is 0 Å². The fraction of sp³-hybridized carbons (Fsp3) is 0.143. The van der Waals surface area contributed by atoms with Crippen molar-refractivity contribution in [3.8, 4) is 0 Å². The number of nitrogens with one attached hydrogen (secondary N) is 1. The Morgan fingerprint density at radius 1 is 1.00 bits per heavy atom. The summed E-state index contributed by atoms with van der Waals surface area (Å²) in [6.07, 6.45) is 0.154. The van der Waals surface area contributed by atoms with Gasteiger partial charge < -0.3 is 0 Å². The van der Waals surface area contributed by atoms with Crippen molar-refractivity contribution < 1.29 is 26.4 Å². The van der Waals surface area contributed by atoms with Gasteiger partial charge in [-0.3, -0.25) is 9.52 Å². The maximum atomic E-state index is 12.6. The fourth-order valence-corrected chi connectivity index (χ4v) is 3.70. The van der Waals surface area contributed by atoms with E-state index in [9.17, 15) is 26.4 Å². The van der Waals surface area contributed by atoms with Crippen molar-refractivity contribution in [2.24, 2.45) is 4.99 Å². The third-order valence-corrected chi connectivity index (χ3v) is 5.67. The second kappa shape index (κ2) is 8.27. The Balaban J connectivity index is 1.67. The molecule has 30 heavy (non-hydrogen) atoms. The summed E-state index contributed by atoms with van der Waals surface area (Å²) in [5.41, 5.74) is 1.22. The van der Waals surface area contributed by atoms with Gasteiger partial charge in [-0.25, -0.2) is 13.4 Å². The maximum Gasteiger partial charge on any atom is 0.416 e. The van der Waals surface area contributed by atoms with Crippen LogP contribution in [-0.4, -0.2) is 20.0 Å². The number of benzene rings is 2. The summed E-state index contributed by atoms with van der Waals surface area (Å²) in [7, 11) is -4.05. The lowest BCUT2D eigenvalue weighted by Gasteiger charge is -2.13. The molecule has 0 aliphatic heterocycles. The summed E-state index contributed by atoms with van der Waals surface area (Å²) in [6, 6.07) is 10.2. The van der Waals surface area contributed by atoms with Crippen molar-refractivity contribution in [1.82, 2.24) is 4.72 Å². The SMILES string of the molecule is Cc1ccc(C(=O)N=C2C=CC(NS(=O)(=O)c3ccc(C(F)(F)F)cc3)=CC2)cc1. The van der Waals surface area contributed by atoms with E-state index in [2.05, 4.69) is 9.71 Å². The molecule has 3 rings (SSSR count). The molecular weight excluding hydrogens is 417 g/mol. The van der Waals surface area contributed by atoms with E-state index in [1.807, 2.05) is 6.92 Å². The van der Waals surface area contributed by atoms with Gasteiger partial charge in [0.15, 0.2) is 0 Å². The second-order valence-electron chi connectivity index (χ2n) is 6.60. The predicted molar refractivity (Wildman–Crippen MR) is 107 cm³/mol. The number of carbonyl (C=O) groups excluding carboxylic acids is 1. The molecule has 1 aliphatic carbocycles. The van der Waals surface area contributed by atoms with Crippen molar-refractivity contribution in [1.29, 1.82) is 0 Å². The molecule has 0 atom stereocenters. The van der Waals surface area contributed by atoms with Gasteiger partial charge in [0.1, 0.15) is 0 Å². The van der Waals surface area contributed by atoms with Crippen molar-refractivity contribution in [2.45, 2.75) is 24.4 Å². The minimum absolute atomic E-state index is 0.221. The van der Waals surface area contributed by atoms with Gasteiger partial charge in [-0.2, -0.15) is 13.2 Å². The second-order valence-corrected chi connectivity index (χ2v) is 8.28. The predicted octanol–water partition coefficient (Wildman–Crippen LogP) is 4.42. The third kappa shape index (κ3) is 5.24. The van der Waals surface area contributed by atoms with E-state index >= 15 is 0 Å². The first-order valence-corrected chi connectivity index (χ1v) is 10.3. The number of allylic oxidation sites excluding steroid dienone is 3. The molecule has 0 saturated heterocycles. The Morgan fingerprint density at radius 3 is 2.17 bits per heavy atom. The summed E-state index contributed by atoms with van der Waals surface area (Å²) in [4.78, 5) is 15.9. The zero-order valence-corrected chi connectivity index (χ0v) is 16.6. The summed E-state index contributed by atoms with van der Waals surface area (Å²) >= 11 is 0. The summed E-state index contributed by atoms with van der Waals surface area (Å²) in [5, 5.41) is 0. The molecule has 0 fully saturated rings. The molecule has 1 N–H and O–H groups in total. The highest BCUT2D eigenvalue weighted by Crippen LogP contribution is 2.29. The fourth-order valence-electron chi connectivity index (χ4n) is 2.62. The number of halogens is 3. The molecule has 0 saturated carbocycles. The number of sulfonamides is 1. The van der Waals surface area contributed by atoms with Crippen LogP contribution in [0.25, 0.3) is 0 Å². The third-order valence-electron chi connectivity index (χ3n) is 4.27. The number of hydrogen-bond acceptors (Lipinski definition) is 3. The van der Waals surface area contributed by atoms with Crippen molar-refractivity contribution in [2.75, 3.05) is 0 Å². The van der Waals surface area contributed by atoms with Crippen LogP contribution < -0.4 is 4.72 Å². The van der Waals surface area contributed by atoms with Crippen LogP contribution in [0.3, 0.4) is 0 Å². The number of rotatable bonds is 4. The van der Waals surface area contributed by atoms with Gasteiger partial charge in [0.25, 0.3) is 15.9 Å². The van der Waals surface area contributed by atoms with Crippen LogP contribution in [0.4, 0.5) is 13.2 Å². The molecule has 1 amide bonds. The summed E-state index contributed by atoms with van der Waals surface area (Å²) in [6.45, 7) is 1.90. The first-order chi connectivity index (χ1) is 14.0. The number of amides is 1. The average Bonchev–Trinajstić information content (AvgIpc) is 2.69. The smallest absolute Gasteiger partial charge is 0.280 e. The highest BCUT2D eigenvalue weighted by atomic mass is 32.2. The number of aliphatic imine (C=N–C) groups is 1. The Kier molecular flexibility index (Phi) is 5.93. The van der Waals surface area contributed by atoms with Gasteiger partial charge >= 0.3 is 6.18 Å². The van der Waals surface area contributed by atoms with Gasteiger partial charge in [-0.15, -0.1) is 0 Å². The van der Waals surface area contributed by atoms with E-state index in [1.54, 1.807) is 24.3 Å². The Hall–Kier alpha value is -3.20. The van der Waals surface area contributed by atoms with Gasteiger partial charge in [-0.05, 0) is 55.5 Å². The van der Waals surface area contributed by atoms with Crippen molar-refractivity contribution >= 4 is 21.6 Å². The van der Waals surface area contributed by atoms with Gasteiger partial charge in [0, 0.05) is 23.4 Å². The van der Waals surface area contributed by atoms with Crippen LogP contribution in [0, 0.1) is 6.92 Å². The molecule has 0 aromatic heterocycles. The van der Waals surface area contributed by atoms with E-state index in [0.717, 1.165) is 17.7 Å². The number of alkyl halides is 3. The molecule has 9 heteroatoms. The van der Waals surface area contributed by atoms with Crippen LogP contribution in [0.1, 0.15) is 27.9 Å². The van der Waals surface area contributed by atoms with Gasteiger partial charge in [-0.1, -0.05) is 23.8 Å². The largest absolute Gasteiger partial charge is 0.416 e. The van der Waals surface area contributed by atoms with Crippen LogP contribution in [0.15, 0.2) is 82.3 Å². The number of hydrogen-bond donors (Lipinski definition) is 1. The Labute approximate surface area is 171 Å². The minimum atomic E-state index is -4.55. The molecule has 5 nitrogen and oxygen atoms in total. The van der Waals surface area contributed by atoms with E-state index in [-0.39, 0.29) is 17.0 Å². The molecule has 0 radical (unpaired) electrons.